The molecule has 1 aliphatic rings. The molecule has 2 N–H and O–H groups in total. The van der Waals surface area contributed by atoms with Gasteiger partial charge in [-0.1, -0.05) is 5.21 Å². The SMILES string of the molecule is CNC(=O)CCN(C)C(=O)c1cn(C2CNC2)nn1. The van der Waals surface area contributed by atoms with Crippen molar-refractivity contribution in [1.82, 2.24) is 30.5 Å². The van der Waals surface area contributed by atoms with Crippen LogP contribution in [-0.2, 0) is 4.79 Å². The molecule has 2 rings (SSSR count). The van der Waals surface area contributed by atoms with Gasteiger partial charge < -0.3 is 15.5 Å². The predicted molar refractivity (Wildman–Crippen MR) is 67.6 cm³/mol. The first kappa shape index (κ1) is 13.5. The maximum Gasteiger partial charge on any atom is 0.275 e. The molecule has 1 aliphatic heterocycles. The largest absolute Gasteiger partial charge is 0.359 e. The number of rotatable bonds is 5. The molecule has 19 heavy (non-hydrogen) atoms. The molecule has 8 nitrogen and oxygen atoms in total. The van der Waals surface area contributed by atoms with Gasteiger partial charge in [-0.2, -0.15) is 0 Å². The minimum atomic E-state index is -0.220. The lowest BCUT2D eigenvalue weighted by molar-refractivity contribution is -0.120. The highest BCUT2D eigenvalue weighted by Gasteiger charge is 2.22. The summed E-state index contributed by atoms with van der Waals surface area (Å²) in [6.45, 7) is 2.06. The zero-order valence-electron chi connectivity index (χ0n) is 11.1. The van der Waals surface area contributed by atoms with E-state index in [0.717, 1.165) is 13.1 Å². The van der Waals surface area contributed by atoms with E-state index in [1.165, 1.54) is 4.90 Å². The highest BCUT2D eigenvalue weighted by atomic mass is 16.2. The van der Waals surface area contributed by atoms with E-state index < -0.39 is 0 Å². The van der Waals surface area contributed by atoms with Crippen molar-refractivity contribution in [3.8, 4) is 0 Å². The Labute approximate surface area is 111 Å². The third-order valence-electron chi connectivity index (χ3n) is 3.16. The van der Waals surface area contributed by atoms with Crippen LogP contribution < -0.4 is 10.6 Å². The van der Waals surface area contributed by atoms with Gasteiger partial charge in [0.1, 0.15) is 0 Å². The maximum absolute atomic E-state index is 12.1. The molecule has 104 valence electrons. The van der Waals surface area contributed by atoms with Crippen LogP contribution in [0.4, 0.5) is 0 Å². The predicted octanol–water partition coefficient (Wildman–Crippen LogP) is -1.37. The zero-order chi connectivity index (χ0) is 13.8. The topological polar surface area (TPSA) is 92.2 Å². The molecule has 1 aromatic rings. The van der Waals surface area contributed by atoms with E-state index in [2.05, 4.69) is 20.9 Å². The van der Waals surface area contributed by atoms with Crippen molar-refractivity contribution in [3.05, 3.63) is 11.9 Å². The van der Waals surface area contributed by atoms with Gasteiger partial charge >= 0.3 is 0 Å². The molecular weight excluding hydrogens is 248 g/mol. The minimum absolute atomic E-state index is 0.0937. The molecule has 0 unspecified atom stereocenters. The third-order valence-corrected chi connectivity index (χ3v) is 3.16. The Morgan fingerprint density at radius 2 is 2.32 bits per heavy atom. The summed E-state index contributed by atoms with van der Waals surface area (Å²) in [4.78, 5) is 24.7. The molecule has 1 aromatic heterocycles. The molecule has 0 saturated carbocycles. The standard InChI is InChI=1S/C11H18N6O2/c1-12-10(18)3-4-16(2)11(19)9-7-17(15-14-9)8-5-13-6-8/h7-8,13H,3-6H2,1-2H3,(H,12,18). The van der Waals surface area contributed by atoms with Crippen molar-refractivity contribution in [3.63, 3.8) is 0 Å². The molecule has 2 heterocycles. The van der Waals surface area contributed by atoms with E-state index in [1.54, 1.807) is 25.0 Å². The monoisotopic (exact) mass is 266 g/mol. The van der Waals surface area contributed by atoms with E-state index in [0.29, 0.717) is 12.2 Å². The fourth-order valence-electron chi connectivity index (χ4n) is 1.71. The van der Waals surface area contributed by atoms with E-state index in [4.69, 9.17) is 0 Å². The van der Waals surface area contributed by atoms with Gasteiger partial charge in [0.05, 0.1) is 12.2 Å². The number of amides is 2. The first-order valence-corrected chi connectivity index (χ1v) is 6.20. The third kappa shape index (κ3) is 3.08. The van der Waals surface area contributed by atoms with Crippen LogP contribution in [0.15, 0.2) is 6.20 Å². The average molecular weight is 266 g/mol. The quantitative estimate of drug-likeness (QED) is 0.686. The summed E-state index contributed by atoms with van der Waals surface area (Å²) < 4.78 is 1.70. The van der Waals surface area contributed by atoms with Crippen LogP contribution in [0.2, 0.25) is 0 Å². The van der Waals surface area contributed by atoms with Crippen LogP contribution >= 0.6 is 0 Å². The maximum atomic E-state index is 12.1. The Kier molecular flexibility index (Phi) is 4.10. The first-order chi connectivity index (χ1) is 9.11. The summed E-state index contributed by atoms with van der Waals surface area (Å²) in [5.41, 5.74) is 0.311. The molecule has 1 fully saturated rings. The average Bonchev–Trinajstić information content (AvgIpc) is 2.81. The van der Waals surface area contributed by atoms with Gasteiger partial charge in [-0.3, -0.25) is 9.59 Å². The number of nitrogens with one attached hydrogen (secondary N) is 2. The van der Waals surface area contributed by atoms with Gasteiger partial charge in [0, 0.05) is 40.2 Å². The highest BCUT2D eigenvalue weighted by molar-refractivity contribution is 5.92. The van der Waals surface area contributed by atoms with Crippen LogP contribution in [0.3, 0.4) is 0 Å². The van der Waals surface area contributed by atoms with Crippen LogP contribution in [0.1, 0.15) is 23.0 Å². The van der Waals surface area contributed by atoms with Crippen molar-refractivity contribution >= 4 is 11.8 Å². The molecule has 1 saturated heterocycles. The summed E-state index contributed by atoms with van der Waals surface area (Å²) in [5, 5.41) is 13.5. The highest BCUT2D eigenvalue weighted by Crippen LogP contribution is 2.10. The summed E-state index contributed by atoms with van der Waals surface area (Å²) in [7, 11) is 3.22. The van der Waals surface area contributed by atoms with Crippen molar-refractivity contribution in [2.45, 2.75) is 12.5 Å². The Hall–Kier alpha value is -1.96. The number of carbonyl (C=O) groups is 2. The van der Waals surface area contributed by atoms with Crippen LogP contribution in [0.5, 0.6) is 0 Å². The van der Waals surface area contributed by atoms with Crippen LogP contribution in [0.25, 0.3) is 0 Å². The Morgan fingerprint density at radius 3 is 2.89 bits per heavy atom. The van der Waals surface area contributed by atoms with E-state index in [-0.39, 0.29) is 24.3 Å². The van der Waals surface area contributed by atoms with Gasteiger partial charge in [-0.25, -0.2) is 4.68 Å². The number of aromatic nitrogens is 3. The smallest absolute Gasteiger partial charge is 0.275 e. The number of hydrogen-bond acceptors (Lipinski definition) is 5. The lowest BCUT2D eigenvalue weighted by atomic mass is 10.2. The van der Waals surface area contributed by atoms with Crippen molar-refractivity contribution in [2.75, 3.05) is 33.7 Å². The van der Waals surface area contributed by atoms with Gasteiger partial charge in [0.2, 0.25) is 5.91 Å². The molecule has 0 aliphatic carbocycles. The molecule has 0 aromatic carbocycles. The van der Waals surface area contributed by atoms with E-state index >= 15 is 0 Å². The summed E-state index contributed by atoms with van der Waals surface area (Å²) >= 11 is 0. The molecule has 0 atom stereocenters. The second kappa shape index (κ2) is 5.79. The van der Waals surface area contributed by atoms with Gasteiger partial charge in [0.15, 0.2) is 5.69 Å². The molecular formula is C11H18N6O2. The minimum Gasteiger partial charge on any atom is -0.359 e. The molecule has 0 spiro atoms. The molecule has 8 heteroatoms. The lowest BCUT2D eigenvalue weighted by Crippen LogP contribution is -2.43. The van der Waals surface area contributed by atoms with Gasteiger partial charge in [-0.15, -0.1) is 5.10 Å². The number of hydrogen-bond donors (Lipinski definition) is 2. The van der Waals surface area contributed by atoms with E-state index in [9.17, 15) is 9.59 Å². The summed E-state index contributed by atoms with van der Waals surface area (Å²) in [6, 6.07) is 0.283. The fourth-order valence-corrected chi connectivity index (χ4v) is 1.71. The van der Waals surface area contributed by atoms with Gasteiger partial charge in [-0.05, 0) is 0 Å². The van der Waals surface area contributed by atoms with Crippen molar-refractivity contribution in [2.24, 2.45) is 0 Å². The van der Waals surface area contributed by atoms with Crippen molar-refractivity contribution < 1.29 is 9.59 Å². The Balaban J connectivity index is 1.90. The molecule has 2 amide bonds. The second-order valence-electron chi connectivity index (χ2n) is 4.55. The first-order valence-electron chi connectivity index (χ1n) is 6.20. The van der Waals surface area contributed by atoms with Gasteiger partial charge in [0.25, 0.3) is 5.91 Å². The van der Waals surface area contributed by atoms with Crippen LogP contribution in [0, 0.1) is 0 Å². The molecule has 0 bridgehead atoms. The normalized spacial score (nSPS) is 14.8. The lowest BCUT2D eigenvalue weighted by Gasteiger charge is -2.26. The van der Waals surface area contributed by atoms with Crippen LogP contribution in [-0.4, -0.2) is 65.4 Å². The Morgan fingerprint density at radius 1 is 1.58 bits per heavy atom. The summed E-state index contributed by atoms with van der Waals surface area (Å²) in [5.74, 6) is -0.314. The number of nitrogens with zero attached hydrogens (tertiary/aromatic N) is 4. The van der Waals surface area contributed by atoms with Crippen molar-refractivity contribution in [1.29, 1.82) is 0 Å². The molecule has 0 radical (unpaired) electrons. The Bertz CT molecular complexity index is 468. The second-order valence-corrected chi connectivity index (χ2v) is 4.55. The number of carbonyl (C=O) groups excluding carboxylic acids is 2. The zero-order valence-corrected chi connectivity index (χ0v) is 11.1. The fraction of sp³-hybridized carbons (Fsp3) is 0.636. The summed E-state index contributed by atoms with van der Waals surface area (Å²) in [6.07, 6.45) is 1.93. The van der Waals surface area contributed by atoms with E-state index in [1.807, 2.05) is 0 Å².